The molecule has 0 spiro atoms. The second-order valence-electron chi connectivity index (χ2n) is 3.89. The lowest BCUT2D eigenvalue weighted by Crippen LogP contribution is -2.09. The van der Waals surface area contributed by atoms with Crippen LogP contribution in [0.15, 0.2) is 30.7 Å². The molecule has 1 aromatic heterocycles. The summed E-state index contributed by atoms with van der Waals surface area (Å²) in [6, 6.07) is 5.96. The number of para-hydroxylation sites is 1. The van der Waals surface area contributed by atoms with E-state index in [0.29, 0.717) is 0 Å². The van der Waals surface area contributed by atoms with E-state index in [1.807, 2.05) is 25.1 Å². The number of carboxylic acid groups (broad SMARTS) is 1. The lowest BCUT2D eigenvalue weighted by Gasteiger charge is -2.13. The van der Waals surface area contributed by atoms with Crippen LogP contribution in [0.5, 0.6) is 0 Å². The first kappa shape index (κ1) is 11.4. The van der Waals surface area contributed by atoms with E-state index in [-0.39, 0.29) is 5.69 Å². The van der Waals surface area contributed by atoms with E-state index >= 15 is 0 Å². The standard InChI is InChI=1S/C13H14N2O2/c1-3-10-6-4-5-9(2)12(10)15-8-14-7-11(15)13(16)17/h4-8H,3H2,1-2H3,(H,16,17). The third-order valence-electron chi connectivity index (χ3n) is 2.80. The molecule has 0 amide bonds. The largest absolute Gasteiger partial charge is 0.477 e. The second-order valence-corrected chi connectivity index (χ2v) is 3.89. The maximum Gasteiger partial charge on any atom is 0.354 e. The fourth-order valence-electron chi connectivity index (χ4n) is 1.98. The van der Waals surface area contributed by atoms with Gasteiger partial charge in [0.25, 0.3) is 0 Å². The van der Waals surface area contributed by atoms with Crippen molar-refractivity contribution in [2.75, 3.05) is 0 Å². The highest BCUT2D eigenvalue weighted by atomic mass is 16.4. The number of benzene rings is 1. The number of hydrogen-bond donors (Lipinski definition) is 1. The molecule has 1 heterocycles. The van der Waals surface area contributed by atoms with Gasteiger partial charge in [-0.05, 0) is 24.5 Å². The number of rotatable bonds is 3. The van der Waals surface area contributed by atoms with Gasteiger partial charge in [0.05, 0.1) is 18.2 Å². The van der Waals surface area contributed by atoms with E-state index in [9.17, 15) is 4.79 Å². The molecule has 88 valence electrons. The van der Waals surface area contributed by atoms with Gasteiger partial charge in [0.15, 0.2) is 5.69 Å². The average molecular weight is 230 g/mol. The summed E-state index contributed by atoms with van der Waals surface area (Å²) in [7, 11) is 0. The summed E-state index contributed by atoms with van der Waals surface area (Å²) in [4.78, 5) is 15.0. The number of carboxylic acids is 1. The maximum atomic E-state index is 11.1. The van der Waals surface area contributed by atoms with Crippen molar-refractivity contribution in [1.82, 2.24) is 9.55 Å². The highest BCUT2D eigenvalue weighted by Crippen LogP contribution is 2.21. The summed E-state index contributed by atoms with van der Waals surface area (Å²) >= 11 is 0. The van der Waals surface area contributed by atoms with Gasteiger partial charge >= 0.3 is 5.97 Å². The Morgan fingerprint density at radius 2 is 2.24 bits per heavy atom. The SMILES string of the molecule is CCc1cccc(C)c1-n1cncc1C(=O)O. The van der Waals surface area contributed by atoms with E-state index < -0.39 is 5.97 Å². The average Bonchev–Trinajstić information content (AvgIpc) is 2.77. The summed E-state index contributed by atoms with van der Waals surface area (Å²) in [5, 5.41) is 9.11. The van der Waals surface area contributed by atoms with Gasteiger partial charge < -0.3 is 5.11 Å². The Morgan fingerprint density at radius 1 is 1.47 bits per heavy atom. The molecule has 0 aliphatic carbocycles. The predicted molar refractivity (Wildman–Crippen MR) is 64.6 cm³/mol. The van der Waals surface area contributed by atoms with Crippen molar-refractivity contribution in [3.05, 3.63) is 47.5 Å². The number of nitrogens with zero attached hydrogens (tertiary/aromatic N) is 2. The van der Waals surface area contributed by atoms with Crippen LogP contribution in [0.1, 0.15) is 28.5 Å². The molecular weight excluding hydrogens is 216 g/mol. The second kappa shape index (κ2) is 4.41. The maximum absolute atomic E-state index is 11.1. The zero-order valence-corrected chi connectivity index (χ0v) is 9.84. The number of imidazole rings is 1. The molecule has 0 aliphatic rings. The Kier molecular flexibility index (Phi) is 2.95. The van der Waals surface area contributed by atoms with E-state index in [4.69, 9.17) is 5.11 Å². The van der Waals surface area contributed by atoms with E-state index in [1.165, 1.54) is 6.20 Å². The van der Waals surface area contributed by atoms with Crippen LogP contribution in [0.2, 0.25) is 0 Å². The molecule has 0 radical (unpaired) electrons. The molecule has 0 atom stereocenters. The molecule has 0 bridgehead atoms. The Hall–Kier alpha value is -2.10. The van der Waals surface area contributed by atoms with Crippen LogP contribution in [0.3, 0.4) is 0 Å². The summed E-state index contributed by atoms with van der Waals surface area (Å²) in [6.07, 6.45) is 3.77. The monoisotopic (exact) mass is 230 g/mol. The molecular formula is C13H14N2O2. The fourth-order valence-corrected chi connectivity index (χ4v) is 1.98. The number of aromatic nitrogens is 2. The van der Waals surface area contributed by atoms with Crippen LogP contribution in [-0.2, 0) is 6.42 Å². The van der Waals surface area contributed by atoms with Crippen LogP contribution in [0, 0.1) is 6.92 Å². The van der Waals surface area contributed by atoms with Crippen LogP contribution >= 0.6 is 0 Å². The minimum Gasteiger partial charge on any atom is -0.477 e. The Labute approximate surface area is 99.5 Å². The third-order valence-corrected chi connectivity index (χ3v) is 2.80. The minimum absolute atomic E-state index is 0.189. The van der Waals surface area contributed by atoms with Gasteiger partial charge in [0.2, 0.25) is 0 Å². The van der Waals surface area contributed by atoms with Crippen LogP contribution in [0.25, 0.3) is 5.69 Å². The van der Waals surface area contributed by atoms with Gasteiger partial charge in [0, 0.05) is 0 Å². The Morgan fingerprint density at radius 3 is 2.88 bits per heavy atom. The molecule has 0 fully saturated rings. The summed E-state index contributed by atoms with van der Waals surface area (Å²) in [5.74, 6) is -0.965. The third kappa shape index (κ3) is 1.93. The molecule has 4 nitrogen and oxygen atoms in total. The zero-order valence-electron chi connectivity index (χ0n) is 9.84. The first-order valence-electron chi connectivity index (χ1n) is 5.49. The smallest absolute Gasteiger partial charge is 0.354 e. The Bertz CT molecular complexity index is 558. The summed E-state index contributed by atoms with van der Waals surface area (Å²) in [6.45, 7) is 4.02. The van der Waals surface area contributed by atoms with Crippen molar-refractivity contribution in [3.63, 3.8) is 0 Å². The molecule has 0 saturated heterocycles. The van der Waals surface area contributed by atoms with Crippen molar-refractivity contribution >= 4 is 5.97 Å². The topological polar surface area (TPSA) is 55.1 Å². The number of carbonyl (C=O) groups is 1. The van der Waals surface area contributed by atoms with Crippen LogP contribution < -0.4 is 0 Å². The normalized spacial score (nSPS) is 10.5. The summed E-state index contributed by atoms with van der Waals surface area (Å²) < 4.78 is 1.64. The highest BCUT2D eigenvalue weighted by Gasteiger charge is 2.14. The van der Waals surface area contributed by atoms with Gasteiger partial charge in [-0.25, -0.2) is 9.78 Å². The van der Waals surface area contributed by atoms with Crippen LogP contribution in [-0.4, -0.2) is 20.6 Å². The van der Waals surface area contributed by atoms with Crippen LogP contribution in [0.4, 0.5) is 0 Å². The van der Waals surface area contributed by atoms with Crippen molar-refractivity contribution in [3.8, 4) is 5.69 Å². The fraction of sp³-hybridized carbons (Fsp3) is 0.231. The van der Waals surface area contributed by atoms with Gasteiger partial charge in [0.1, 0.15) is 0 Å². The van der Waals surface area contributed by atoms with E-state index in [1.54, 1.807) is 10.9 Å². The molecule has 4 heteroatoms. The van der Waals surface area contributed by atoms with Crippen molar-refractivity contribution < 1.29 is 9.90 Å². The Balaban J connectivity index is 2.68. The molecule has 1 aromatic carbocycles. The van der Waals surface area contributed by atoms with E-state index in [2.05, 4.69) is 11.9 Å². The zero-order chi connectivity index (χ0) is 12.4. The highest BCUT2D eigenvalue weighted by molar-refractivity contribution is 5.86. The summed E-state index contributed by atoms with van der Waals surface area (Å²) in [5.41, 5.74) is 3.27. The molecule has 2 rings (SSSR count). The van der Waals surface area contributed by atoms with Gasteiger partial charge in [-0.2, -0.15) is 0 Å². The van der Waals surface area contributed by atoms with E-state index in [0.717, 1.165) is 23.2 Å². The predicted octanol–water partition coefficient (Wildman–Crippen LogP) is 2.44. The molecule has 0 unspecified atom stereocenters. The molecule has 0 aliphatic heterocycles. The minimum atomic E-state index is -0.965. The molecule has 2 aromatic rings. The van der Waals surface area contributed by atoms with Gasteiger partial charge in [-0.15, -0.1) is 0 Å². The number of aromatic carboxylic acids is 1. The van der Waals surface area contributed by atoms with Crippen molar-refractivity contribution in [1.29, 1.82) is 0 Å². The molecule has 0 saturated carbocycles. The van der Waals surface area contributed by atoms with Gasteiger partial charge in [-0.1, -0.05) is 25.1 Å². The quantitative estimate of drug-likeness (QED) is 0.881. The lowest BCUT2D eigenvalue weighted by molar-refractivity contribution is 0.0688. The lowest BCUT2D eigenvalue weighted by atomic mass is 10.1. The van der Waals surface area contributed by atoms with Crippen molar-refractivity contribution in [2.45, 2.75) is 20.3 Å². The number of aryl methyl sites for hydroxylation is 2. The molecule has 17 heavy (non-hydrogen) atoms. The van der Waals surface area contributed by atoms with Crippen molar-refractivity contribution in [2.24, 2.45) is 0 Å². The molecule has 1 N–H and O–H groups in total. The number of hydrogen-bond acceptors (Lipinski definition) is 2. The van der Waals surface area contributed by atoms with Gasteiger partial charge in [-0.3, -0.25) is 4.57 Å². The first-order chi connectivity index (χ1) is 8.15. The first-order valence-corrected chi connectivity index (χ1v) is 5.49.